The summed E-state index contributed by atoms with van der Waals surface area (Å²) in [5.41, 5.74) is 7.93. The van der Waals surface area contributed by atoms with E-state index in [1.807, 2.05) is 0 Å². The minimum absolute atomic E-state index is 0.368. The molecule has 104 valence electrons. The average Bonchev–Trinajstić information content (AvgIpc) is 2.38. The summed E-state index contributed by atoms with van der Waals surface area (Å²) >= 11 is 0. The zero-order valence-corrected chi connectivity index (χ0v) is 11.2. The Labute approximate surface area is 115 Å². The Hall–Kier alpha value is -2.63. The molecular weight excluding hydrogens is 258 g/mol. The number of carboxylic acids is 1. The molecule has 0 fully saturated rings. The summed E-state index contributed by atoms with van der Waals surface area (Å²) in [7, 11) is 0. The zero-order valence-electron chi connectivity index (χ0n) is 11.2. The largest absolute Gasteiger partial charge is 0.480 e. The van der Waals surface area contributed by atoms with Crippen molar-refractivity contribution >= 4 is 28.5 Å². The lowest BCUT2D eigenvalue weighted by Gasteiger charge is -2.12. The first-order chi connectivity index (χ1) is 9.38. The first-order valence-corrected chi connectivity index (χ1v) is 6.09. The first kappa shape index (κ1) is 13.8. The molecule has 1 aromatic heterocycles. The number of pyridine rings is 1. The number of nitrogens with one attached hydrogen (secondary N) is 1. The molecule has 4 N–H and O–H groups in total. The molecule has 0 aliphatic carbocycles. The number of aryl methyl sites for hydroxylation is 1. The third kappa shape index (κ3) is 2.69. The van der Waals surface area contributed by atoms with E-state index in [0.29, 0.717) is 27.8 Å². The number of hydrogen-bond acceptors (Lipinski definition) is 4. The molecule has 0 saturated heterocycles. The SMILES string of the molecule is Cc1cc(C(=O)NC(C)C(=O)O)c2cc(N)ccc2n1. The number of aromatic nitrogens is 1. The van der Waals surface area contributed by atoms with E-state index in [9.17, 15) is 9.59 Å². The van der Waals surface area contributed by atoms with Gasteiger partial charge < -0.3 is 16.2 Å². The molecule has 1 amide bonds. The van der Waals surface area contributed by atoms with Gasteiger partial charge in [0, 0.05) is 16.8 Å². The van der Waals surface area contributed by atoms with E-state index in [1.165, 1.54) is 6.92 Å². The molecule has 1 unspecified atom stereocenters. The molecule has 6 heteroatoms. The summed E-state index contributed by atoms with van der Waals surface area (Å²) in [6.45, 7) is 3.18. The summed E-state index contributed by atoms with van der Waals surface area (Å²) in [6, 6.07) is 5.74. The molecule has 0 spiro atoms. The number of amides is 1. The second kappa shape index (κ2) is 5.16. The summed E-state index contributed by atoms with van der Waals surface area (Å²) in [5, 5.41) is 11.9. The summed E-state index contributed by atoms with van der Waals surface area (Å²) in [4.78, 5) is 27.3. The highest BCUT2D eigenvalue weighted by Crippen LogP contribution is 2.21. The van der Waals surface area contributed by atoms with E-state index >= 15 is 0 Å². The molecule has 0 aliphatic heterocycles. The van der Waals surface area contributed by atoms with Crippen molar-refractivity contribution in [1.29, 1.82) is 0 Å². The van der Waals surface area contributed by atoms with Gasteiger partial charge in [0.15, 0.2) is 0 Å². The number of carbonyl (C=O) groups excluding carboxylic acids is 1. The summed E-state index contributed by atoms with van der Waals surface area (Å²) < 4.78 is 0. The van der Waals surface area contributed by atoms with Crippen LogP contribution in [0.3, 0.4) is 0 Å². The number of benzene rings is 1. The first-order valence-electron chi connectivity index (χ1n) is 6.09. The second-order valence-electron chi connectivity index (χ2n) is 4.62. The van der Waals surface area contributed by atoms with E-state index in [0.717, 1.165) is 0 Å². The number of carboxylic acid groups (broad SMARTS) is 1. The van der Waals surface area contributed by atoms with Crippen LogP contribution in [-0.4, -0.2) is 28.0 Å². The monoisotopic (exact) mass is 273 g/mol. The van der Waals surface area contributed by atoms with E-state index in [2.05, 4.69) is 10.3 Å². The number of carbonyl (C=O) groups is 2. The van der Waals surface area contributed by atoms with Crippen molar-refractivity contribution in [2.24, 2.45) is 0 Å². The Bertz CT molecular complexity index is 697. The highest BCUT2D eigenvalue weighted by Gasteiger charge is 2.18. The van der Waals surface area contributed by atoms with Crippen LogP contribution in [0.25, 0.3) is 10.9 Å². The van der Waals surface area contributed by atoms with Gasteiger partial charge >= 0.3 is 5.97 Å². The number of nitrogen functional groups attached to an aromatic ring is 1. The van der Waals surface area contributed by atoms with Crippen LogP contribution in [0.5, 0.6) is 0 Å². The number of nitrogens with two attached hydrogens (primary N) is 1. The Morgan fingerprint density at radius 3 is 2.70 bits per heavy atom. The van der Waals surface area contributed by atoms with Crippen molar-refractivity contribution in [3.8, 4) is 0 Å². The van der Waals surface area contributed by atoms with Crippen molar-refractivity contribution in [1.82, 2.24) is 10.3 Å². The van der Waals surface area contributed by atoms with Gasteiger partial charge in [0.05, 0.1) is 11.1 Å². The molecule has 20 heavy (non-hydrogen) atoms. The number of hydrogen-bond donors (Lipinski definition) is 3. The number of nitrogens with zero attached hydrogens (tertiary/aromatic N) is 1. The Morgan fingerprint density at radius 2 is 2.05 bits per heavy atom. The van der Waals surface area contributed by atoms with Crippen molar-refractivity contribution in [3.05, 3.63) is 35.5 Å². The molecule has 1 heterocycles. The molecule has 6 nitrogen and oxygen atoms in total. The van der Waals surface area contributed by atoms with Crippen molar-refractivity contribution in [2.75, 3.05) is 5.73 Å². The molecular formula is C14H15N3O3. The van der Waals surface area contributed by atoms with Crippen molar-refractivity contribution in [3.63, 3.8) is 0 Å². The molecule has 2 rings (SSSR count). The van der Waals surface area contributed by atoms with Crippen molar-refractivity contribution < 1.29 is 14.7 Å². The third-order valence-electron chi connectivity index (χ3n) is 2.92. The summed E-state index contributed by atoms with van der Waals surface area (Å²) in [5.74, 6) is -1.55. The molecule has 0 bridgehead atoms. The number of rotatable bonds is 3. The Morgan fingerprint density at radius 1 is 1.35 bits per heavy atom. The van der Waals surface area contributed by atoms with E-state index in [4.69, 9.17) is 10.8 Å². The molecule has 0 saturated carbocycles. The molecule has 2 aromatic rings. The van der Waals surface area contributed by atoms with E-state index in [-0.39, 0.29) is 0 Å². The Balaban J connectivity index is 2.50. The van der Waals surface area contributed by atoms with Crippen LogP contribution in [0.4, 0.5) is 5.69 Å². The fourth-order valence-electron chi connectivity index (χ4n) is 1.90. The van der Waals surface area contributed by atoms with Crippen LogP contribution >= 0.6 is 0 Å². The topological polar surface area (TPSA) is 105 Å². The highest BCUT2D eigenvalue weighted by molar-refractivity contribution is 6.07. The molecule has 1 atom stereocenters. The van der Waals surface area contributed by atoms with Crippen LogP contribution in [-0.2, 0) is 4.79 Å². The van der Waals surface area contributed by atoms with Gasteiger partial charge in [-0.2, -0.15) is 0 Å². The maximum atomic E-state index is 12.2. The zero-order chi connectivity index (χ0) is 14.9. The minimum Gasteiger partial charge on any atom is -0.480 e. The van der Waals surface area contributed by atoms with Crippen LogP contribution in [0.2, 0.25) is 0 Å². The van der Waals surface area contributed by atoms with Crippen LogP contribution < -0.4 is 11.1 Å². The predicted octanol–water partition coefficient (Wildman–Crippen LogP) is 1.33. The Kier molecular flexibility index (Phi) is 3.56. The molecule has 0 aliphatic rings. The standard InChI is InChI=1S/C14H15N3O3/c1-7-5-11(13(18)17-8(2)14(19)20)10-6-9(15)3-4-12(10)16-7/h3-6,8H,15H2,1-2H3,(H,17,18)(H,19,20). The lowest BCUT2D eigenvalue weighted by Crippen LogP contribution is -2.38. The predicted molar refractivity (Wildman–Crippen MR) is 75.5 cm³/mol. The van der Waals surface area contributed by atoms with Gasteiger partial charge in [0.25, 0.3) is 5.91 Å². The number of aliphatic carboxylic acids is 1. The molecule has 0 radical (unpaired) electrons. The van der Waals surface area contributed by atoms with Crippen LogP contribution in [0.15, 0.2) is 24.3 Å². The summed E-state index contributed by atoms with van der Waals surface area (Å²) in [6.07, 6.45) is 0. The third-order valence-corrected chi connectivity index (χ3v) is 2.92. The second-order valence-corrected chi connectivity index (χ2v) is 4.62. The highest BCUT2D eigenvalue weighted by atomic mass is 16.4. The maximum absolute atomic E-state index is 12.2. The van der Waals surface area contributed by atoms with Gasteiger partial charge in [0.1, 0.15) is 6.04 Å². The van der Waals surface area contributed by atoms with Crippen LogP contribution in [0, 0.1) is 6.92 Å². The van der Waals surface area contributed by atoms with E-state index in [1.54, 1.807) is 31.2 Å². The number of fused-ring (bicyclic) bond motifs is 1. The molecule has 1 aromatic carbocycles. The lowest BCUT2D eigenvalue weighted by molar-refractivity contribution is -0.138. The van der Waals surface area contributed by atoms with Gasteiger partial charge in [-0.1, -0.05) is 0 Å². The quantitative estimate of drug-likeness (QED) is 0.731. The maximum Gasteiger partial charge on any atom is 0.325 e. The van der Waals surface area contributed by atoms with Gasteiger partial charge in [-0.25, -0.2) is 0 Å². The van der Waals surface area contributed by atoms with Gasteiger partial charge in [-0.15, -0.1) is 0 Å². The average molecular weight is 273 g/mol. The van der Waals surface area contributed by atoms with Gasteiger partial charge in [0.2, 0.25) is 0 Å². The fourth-order valence-corrected chi connectivity index (χ4v) is 1.90. The minimum atomic E-state index is -1.09. The fraction of sp³-hybridized carbons (Fsp3) is 0.214. The van der Waals surface area contributed by atoms with Crippen molar-refractivity contribution in [2.45, 2.75) is 19.9 Å². The van der Waals surface area contributed by atoms with E-state index < -0.39 is 17.9 Å². The van der Waals surface area contributed by atoms with Gasteiger partial charge in [-0.3, -0.25) is 14.6 Å². The normalized spacial score (nSPS) is 12.1. The van der Waals surface area contributed by atoms with Crippen LogP contribution in [0.1, 0.15) is 23.0 Å². The van der Waals surface area contributed by atoms with Gasteiger partial charge in [-0.05, 0) is 38.1 Å². The lowest BCUT2D eigenvalue weighted by atomic mass is 10.1. The number of anilines is 1. The smallest absolute Gasteiger partial charge is 0.325 e.